The Balaban J connectivity index is 2.00. The number of morpholine rings is 1. The normalized spacial score (nSPS) is 14.5. The fraction of sp³-hybridized carbons (Fsp3) is 0.278. The summed E-state index contributed by atoms with van der Waals surface area (Å²) >= 11 is 0. The zero-order valence-corrected chi connectivity index (χ0v) is 15.7. The highest BCUT2D eigenvalue weighted by Gasteiger charge is 2.30. The van der Waals surface area contributed by atoms with E-state index in [1.54, 1.807) is 18.2 Å². The number of amides is 1. The minimum Gasteiger partial charge on any atom is -0.378 e. The fourth-order valence-corrected chi connectivity index (χ4v) is 4.26. The lowest BCUT2D eigenvalue weighted by Gasteiger charge is -2.30. The third kappa shape index (κ3) is 4.29. The van der Waals surface area contributed by atoms with Crippen LogP contribution in [0.1, 0.15) is 0 Å². The second-order valence-corrected chi connectivity index (χ2v) is 7.96. The summed E-state index contributed by atoms with van der Waals surface area (Å²) in [5, 5.41) is 11.1. The van der Waals surface area contributed by atoms with E-state index in [1.165, 1.54) is 35.2 Å². The van der Waals surface area contributed by atoms with E-state index in [1.807, 2.05) is 0 Å². The second kappa shape index (κ2) is 8.36. The van der Waals surface area contributed by atoms with Crippen LogP contribution in [0.2, 0.25) is 0 Å². The van der Waals surface area contributed by atoms with Crippen molar-refractivity contribution in [1.82, 2.24) is 4.90 Å². The second-order valence-electron chi connectivity index (χ2n) is 6.09. The van der Waals surface area contributed by atoms with Crippen LogP contribution < -0.4 is 4.31 Å². The summed E-state index contributed by atoms with van der Waals surface area (Å²) in [7, 11) is -4.10. The monoisotopic (exact) mass is 405 g/mol. The van der Waals surface area contributed by atoms with Crippen LogP contribution in [0.25, 0.3) is 0 Å². The molecule has 0 aliphatic carbocycles. The molecular formula is C18H19N3O6S. The number of rotatable bonds is 6. The van der Waals surface area contributed by atoms with Crippen molar-refractivity contribution in [2.75, 3.05) is 37.2 Å². The van der Waals surface area contributed by atoms with E-state index in [2.05, 4.69) is 0 Å². The summed E-state index contributed by atoms with van der Waals surface area (Å²) in [5.74, 6) is -0.394. The van der Waals surface area contributed by atoms with Gasteiger partial charge in [-0.25, -0.2) is 8.42 Å². The minimum atomic E-state index is -4.10. The molecule has 28 heavy (non-hydrogen) atoms. The molecule has 1 heterocycles. The topological polar surface area (TPSA) is 110 Å². The van der Waals surface area contributed by atoms with Gasteiger partial charge in [-0.05, 0) is 18.2 Å². The predicted molar refractivity (Wildman–Crippen MR) is 101 cm³/mol. The van der Waals surface area contributed by atoms with Gasteiger partial charge < -0.3 is 9.64 Å². The molecule has 0 bridgehead atoms. The summed E-state index contributed by atoms with van der Waals surface area (Å²) in [6.45, 7) is 1.04. The number of carbonyl (C=O) groups is 1. The Kier molecular flexibility index (Phi) is 5.90. The van der Waals surface area contributed by atoms with E-state index in [9.17, 15) is 23.3 Å². The molecule has 9 nitrogen and oxygen atoms in total. The first-order valence-corrected chi connectivity index (χ1v) is 10.0. The van der Waals surface area contributed by atoms with Crippen molar-refractivity contribution in [3.05, 3.63) is 64.7 Å². The molecule has 2 aromatic rings. The standard InChI is InChI=1S/C18H19N3O6S/c22-18(19-9-11-27-12-10-19)14-20(15-5-4-6-16(13-15)21(23)24)28(25,26)17-7-2-1-3-8-17/h1-8,13H,9-12,14H2. The van der Waals surface area contributed by atoms with Gasteiger partial charge in [0.25, 0.3) is 15.7 Å². The number of non-ortho nitro benzene ring substituents is 1. The third-order valence-electron chi connectivity index (χ3n) is 4.30. The quantitative estimate of drug-likeness (QED) is 0.534. The van der Waals surface area contributed by atoms with Crippen LogP contribution in [0.5, 0.6) is 0 Å². The van der Waals surface area contributed by atoms with Crippen molar-refractivity contribution in [1.29, 1.82) is 0 Å². The van der Waals surface area contributed by atoms with E-state index in [-0.39, 0.29) is 16.3 Å². The molecule has 1 aliphatic heterocycles. The number of nitro benzene ring substituents is 1. The molecule has 148 valence electrons. The lowest BCUT2D eigenvalue weighted by molar-refractivity contribution is -0.384. The van der Waals surface area contributed by atoms with Gasteiger partial charge in [0.15, 0.2) is 0 Å². The molecule has 10 heteroatoms. The van der Waals surface area contributed by atoms with E-state index in [0.29, 0.717) is 26.3 Å². The number of benzene rings is 2. The maximum atomic E-state index is 13.2. The van der Waals surface area contributed by atoms with Gasteiger partial charge in [-0.2, -0.15) is 0 Å². The molecule has 0 spiro atoms. The van der Waals surface area contributed by atoms with Gasteiger partial charge in [-0.15, -0.1) is 0 Å². The molecule has 1 saturated heterocycles. The van der Waals surface area contributed by atoms with Crippen LogP contribution in [0.4, 0.5) is 11.4 Å². The van der Waals surface area contributed by atoms with Crippen LogP contribution in [0, 0.1) is 10.1 Å². The molecule has 2 aromatic carbocycles. The Labute approximate surface area is 162 Å². The number of hydrogen-bond acceptors (Lipinski definition) is 6. The number of ether oxygens (including phenoxy) is 1. The highest BCUT2D eigenvalue weighted by molar-refractivity contribution is 7.92. The van der Waals surface area contributed by atoms with Gasteiger partial charge >= 0.3 is 0 Å². The van der Waals surface area contributed by atoms with Crippen molar-refractivity contribution < 1.29 is 22.9 Å². The average Bonchev–Trinajstić information content (AvgIpc) is 2.73. The summed E-state index contributed by atoms with van der Waals surface area (Å²) in [4.78, 5) is 24.7. The first kappa shape index (κ1) is 19.8. The van der Waals surface area contributed by atoms with Crippen LogP contribution in [0.15, 0.2) is 59.5 Å². The lowest BCUT2D eigenvalue weighted by Crippen LogP contribution is -2.47. The molecule has 1 aliphatic rings. The highest BCUT2D eigenvalue weighted by Crippen LogP contribution is 2.27. The highest BCUT2D eigenvalue weighted by atomic mass is 32.2. The molecular weight excluding hydrogens is 386 g/mol. The molecule has 1 amide bonds. The maximum absolute atomic E-state index is 13.2. The molecule has 0 N–H and O–H groups in total. The molecule has 0 unspecified atom stereocenters. The van der Waals surface area contributed by atoms with Gasteiger partial charge in [0.1, 0.15) is 6.54 Å². The predicted octanol–water partition coefficient (Wildman–Crippen LogP) is 1.65. The van der Waals surface area contributed by atoms with E-state index < -0.39 is 27.4 Å². The minimum absolute atomic E-state index is 0.00344. The Bertz CT molecular complexity index is 958. The van der Waals surface area contributed by atoms with Gasteiger partial charge in [0, 0.05) is 25.2 Å². The molecule has 0 radical (unpaired) electrons. The number of nitrogens with zero attached hydrogens (tertiary/aromatic N) is 3. The SMILES string of the molecule is O=C(CN(c1cccc([N+](=O)[O-])c1)S(=O)(=O)c1ccccc1)N1CCOCC1. The van der Waals surface area contributed by atoms with Crippen LogP contribution in [-0.4, -0.2) is 57.0 Å². The van der Waals surface area contributed by atoms with Gasteiger partial charge in [0.05, 0.1) is 28.7 Å². The first-order chi connectivity index (χ1) is 13.4. The van der Waals surface area contributed by atoms with E-state index in [4.69, 9.17) is 4.74 Å². The van der Waals surface area contributed by atoms with Gasteiger partial charge in [0.2, 0.25) is 5.91 Å². The molecule has 0 atom stereocenters. The average molecular weight is 405 g/mol. The number of nitro groups is 1. The third-order valence-corrected chi connectivity index (χ3v) is 6.09. The smallest absolute Gasteiger partial charge is 0.271 e. The van der Waals surface area contributed by atoms with Gasteiger partial charge in [-0.1, -0.05) is 24.3 Å². The Morgan fingerprint density at radius 2 is 1.79 bits per heavy atom. The zero-order chi connectivity index (χ0) is 20.1. The Morgan fingerprint density at radius 3 is 2.43 bits per heavy atom. The Hall–Kier alpha value is -2.98. The molecule has 1 fully saturated rings. The van der Waals surface area contributed by atoms with Crippen molar-refractivity contribution in [3.8, 4) is 0 Å². The first-order valence-electron chi connectivity index (χ1n) is 8.57. The van der Waals surface area contributed by atoms with Crippen molar-refractivity contribution in [2.45, 2.75) is 4.90 Å². The summed E-state index contributed by atoms with van der Waals surface area (Å²) in [6.07, 6.45) is 0. The van der Waals surface area contributed by atoms with Crippen molar-refractivity contribution in [3.63, 3.8) is 0 Å². The molecule has 3 rings (SSSR count). The maximum Gasteiger partial charge on any atom is 0.271 e. The van der Waals surface area contributed by atoms with Crippen LogP contribution >= 0.6 is 0 Å². The van der Waals surface area contributed by atoms with Crippen molar-refractivity contribution >= 4 is 27.3 Å². The Morgan fingerprint density at radius 1 is 1.11 bits per heavy atom. The largest absolute Gasteiger partial charge is 0.378 e. The van der Waals surface area contributed by atoms with E-state index >= 15 is 0 Å². The molecule has 0 saturated carbocycles. The zero-order valence-electron chi connectivity index (χ0n) is 14.9. The fourth-order valence-electron chi connectivity index (χ4n) is 2.83. The number of sulfonamides is 1. The summed E-state index contributed by atoms with van der Waals surface area (Å²) in [5.41, 5.74) is -0.204. The van der Waals surface area contributed by atoms with Crippen molar-refractivity contribution in [2.24, 2.45) is 0 Å². The summed E-state index contributed by atoms with van der Waals surface area (Å²) in [6, 6.07) is 12.9. The lowest BCUT2D eigenvalue weighted by atomic mass is 10.3. The van der Waals surface area contributed by atoms with Crippen LogP contribution in [0.3, 0.4) is 0 Å². The van der Waals surface area contributed by atoms with E-state index in [0.717, 1.165) is 10.4 Å². The number of hydrogen-bond donors (Lipinski definition) is 0. The number of anilines is 1. The summed E-state index contributed by atoms with van der Waals surface area (Å²) < 4.78 is 32.5. The van der Waals surface area contributed by atoms with Gasteiger partial charge in [-0.3, -0.25) is 19.2 Å². The molecule has 0 aromatic heterocycles. The number of carbonyl (C=O) groups excluding carboxylic acids is 1. The van der Waals surface area contributed by atoms with Crippen LogP contribution in [-0.2, 0) is 19.6 Å².